The molecule has 0 aliphatic carbocycles. The Kier molecular flexibility index (Phi) is 17.6. The van der Waals surface area contributed by atoms with Crippen molar-refractivity contribution in [3.8, 4) is 0 Å². The number of carboxylic acid groups (broad SMARTS) is 2. The van der Waals surface area contributed by atoms with Gasteiger partial charge in [-0.2, -0.15) is 0 Å². The highest BCUT2D eigenvalue weighted by molar-refractivity contribution is 5.91. The van der Waals surface area contributed by atoms with E-state index < -0.39 is 11.9 Å². The lowest BCUT2D eigenvalue weighted by Crippen LogP contribution is -2.49. The molecule has 8 nitrogen and oxygen atoms in total. The van der Waals surface area contributed by atoms with Crippen molar-refractivity contribution in [3.05, 3.63) is 35.4 Å². The van der Waals surface area contributed by atoms with Gasteiger partial charge in [0, 0.05) is 0 Å². The van der Waals surface area contributed by atoms with Gasteiger partial charge in [-0.25, -0.2) is 0 Å². The Morgan fingerprint density at radius 1 is 0.688 bits per heavy atom. The van der Waals surface area contributed by atoms with Crippen LogP contribution in [0.4, 0.5) is 0 Å². The molecule has 0 aromatic heterocycles. The van der Waals surface area contributed by atoms with Crippen molar-refractivity contribution in [2.45, 2.75) is 41.5 Å². The number of aliphatic hydroxyl groups is 2. The molecule has 0 saturated heterocycles. The molecule has 0 aliphatic rings. The average Bonchev–Trinajstić information content (AvgIpc) is 2.82. The zero-order chi connectivity index (χ0) is 25.2. The maximum atomic E-state index is 10.3. The number of quaternary nitrogens is 2. The zero-order valence-electron chi connectivity index (χ0n) is 20.8. The molecule has 1 aromatic carbocycles. The third-order valence-electron chi connectivity index (χ3n) is 6.51. The van der Waals surface area contributed by atoms with E-state index in [1.165, 1.54) is 18.2 Å². The van der Waals surface area contributed by atoms with E-state index in [1.807, 2.05) is 0 Å². The van der Waals surface area contributed by atoms with Gasteiger partial charge in [-0.1, -0.05) is 18.2 Å². The van der Waals surface area contributed by atoms with Crippen LogP contribution < -0.4 is 10.2 Å². The third-order valence-corrected chi connectivity index (χ3v) is 6.51. The summed E-state index contributed by atoms with van der Waals surface area (Å²) in [6.07, 6.45) is 0. The molecule has 0 unspecified atom stereocenters. The standard InChI is InChI=1S/2C8H20NO.C8H6O4/c2*1-4-9(5-2,6-3)7-8-10;9-7(10)5-2-1-3-6(4-5)8(11)12/h2*10H,4-8H2,1-3H3;1-4H,(H,9,10)(H,11,12)/q2*+1;/p-2. The van der Waals surface area contributed by atoms with Gasteiger partial charge in [0.2, 0.25) is 0 Å². The summed E-state index contributed by atoms with van der Waals surface area (Å²) in [5, 5.41) is 38.1. The minimum absolute atomic E-state index is 0.170. The maximum Gasteiger partial charge on any atom is 0.102 e. The van der Waals surface area contributed by atoms with Crippen molar-refractivity contribution in [1.82, 2.24) is 0 Å². The van der Waals surface area contributed by atoms with Crippen LogP contribution in [-0.2, 0) is 0 Å². The first-order valence-corrected chi connectivity index (χ1v) is 11.5. The molecule has 0 saturated carbocycles. The largest absolute Gasteiger partial charge is 0.545 e. The second kappa shape index (κ2) is 17.5. The van der Waals surface area contributed by atoms with Gasteiger partial charge in [0.1, 0.15) is 13.1 Å². The number of benzene rings is 1. The molecule has 0 atom stereocenters. The molecule has 32 heavy (non-hydrogen) atoms. The highest BCUT2D eigenvalue weighted by Gasteiger charge is 2.19. The van der Waals surface area contributed by atoms with E-state index in [0.29, 0.717) is 13.2 Å². The van der Waals surface area contributed by atoms with Crippen molar-refractivity contribution in [1.29, 1.82) is 0 Å². The fourth-order valence-electron chi connectivity index (χ4n) is 3.49. The smallest absolute Gasteiger partial charge is 0.102 e. The van der Waals surface area contributed by atoms with Gasteiger partial charge in [-0.05, 0) is 58.7 Å². The van der Waals surface area contributed by atoms with E-state index in [9.17, 15) is 19.8 Å². The third kappa shape index (κ3) is 11.6. The molecule has 0 fully saturated rings. The van der Waals surface area contributed by atoms with E-state index in [4.69, 9.17) is 10.2 Å². The summed E-state index contributed by atoms with van der Waals surface area (Å²) in [6.45, 7) is 22.3. The minimum atomic E-state index is -1.40. The number of likely N-dealkylation sites (N-methyl/N-ethyl adjacent to an activating group) is 2. The Balaban J connectivity index is 0. The molecule has 0 bridgehead atoms. The Morgan fingerprint density at radius 3 is 1.12 bits per heavy atom. The number of carbonyl (C=O) groups is 2. The van der Waals surface area contributed by atoms with Crippen LogP contribution in [0.1, 0.15) is 62.3 Å². The van der Waals surface area contributed by atoms with Crippen molar-refractivity contribution in [3.63, 3.8) is 0 Å². The van der Waals surface area contributed by atoms with E-state index in [2.05, 4.69) is 41.5 Å². The van der Waals surface area contributed by atoms with Gasteiger partial charge < -0.3 is 39.0 Å². The van der Waals surface area contributed by atoms with Gasteiger partial charge in [-0.3, -0.25) is 0 Å². The lowest BCUT2D eigenvalue weighted by atomic mass is 10.1. The van der Waals surface area contributed by atoms with Gasteiger partial charge in [0.15, 0.2) is 0 Å². The molecular formula is C24H44N2O6. The van der Waals surface area contributed by atoms with Crippen LogP contribution in [0, 0.1) is 0 Å². The first-order valence-electron chi connectivity index (χ1n) is 11.5. The molecule has 8 heteroatoms. The van der Waals surface area contributed by atoms with Gasteiger partial charge in [-0.15, -0.1) is 0 Å². The molecule has 0 spiro atoms. The molecule has 0 heterocycles. The Morgan fingerprint density at radius 2 is 0.969 bits per heavy atom. The highest BCUT2D eigenvalue weighted by Crippen LogP contribution is 2.05. The van der Waals surface area contributed by atoms with Crippen LogP contribution in [-0.4, -0.2) is 96.7 Å². The lowest BCUT2D eigenvalue weighted by Gasteiger charge is -2.34. The molecule has 0 amide bonds. The Bertz CT molecular complexity index is 575. The second-order valence-electron chi connectivity index (χ2n) is 7.63. The van der Waals surface area contributed by atoms with E-state index in [1.54, 1.807) is 0 Å². The number of hydrogen-bond donors (Lipinski definition) is 2. The SMILES string of the molecule is CC[N+](CC)(CC)CCO.CC[N+](CC)(CC)CCO.O=C([O-])c1cccc(C(=O)[O-])c1. The summed E-state index contributed by atoms with van der Waals surface area (Å²) in [4.78, 5) is 20.5. The number of carbonyl (C=O) groups excluding carboxylic acids is 2. The van der Waals surface area contributed by atoms with Crippen molar-refractivity contribution in [2.75, 3.05) is 65.6 Å². The summed E-state index contributed by atoms with van der Waals surface area (Å²) in [6, 6.07) is 4.81. The number of aromatic carboxylic acids is 2. The second-order valence-corrected chi connectivity index (χ2v) is 7.63. The first kappa shape index (κ1) is 32.2. The molecule has 1 aromatic rings. The van der Waals surface area contributed by atoms with Crippen LogP contribution in [0.15, 0.2) is 24.3 Å². The van der Waals surface area contributed by atoms with Crippen molar-refractivity contribution in [2.24, 2.45) is 0 Å². The molecule has 0 radical (unpaired) electrons. The molecular weight excluding hydrogens is 412 g/mol. The highest BCUT2D eigenvalue weighted by atomic mass is 16.4. The summed E-state index contributed by atoms with van der Waals surface area (Å²) in [7, 11) is 0. The van der Waals surface area contributed by atoms with Gasteiger partial charge in [0.25, 0.3) is 0 Å². The zero-order valence-corrected chi connectivity index (χ0v) is 20.8. The predicted molar refractivity (Wildman–Crippen MR) is 123 cm³/mol. The van der Waals surface area contributed by atoms with Gasteiger partial charge >= 0.3 is 0 Å². The normalized spacial score (nSPS) is 11.0. The van der Waals surface area contributed by atoms with E-state index >= 15 is 0 Å². The van der Waals surface area contributed by atoms with Crippen molar-refractivity contribution >= 4 is 11.9 Å². The van der Waals surface area contributed by atoms with Crippen LogP contribution in [0.3, 0.4) is 0 Å². The van der Waals surface area contributed by atoms with Gasteiger partial charge in [0.05, 0.1) is 64.4 Å². The fourth-order valence-corrected chi connectivity index (χ4v) is 3.49. The van der Waals surface area contributed by atoms with E-state index in [0.717, 1.165) is 67.4 Å². The lowest BCUT2D eigenvalue weighted by molar-refractivity contribution is -0.923. The number of aliphatic hydroxyl groups excluding tert-OH is 2. The maximum absolute atomic E-state index is 10.3. The Hall–Kier alpha value is -2.00. The predicted octanol–water partition coefficient (Wildman–Crippen LogP) is 0.124. The monoisotopic (exact) mass is 456 g/mol. The van der Waals surface area contributed by atoms with Crippen LogP contribution in [0.25, 0.3) is 0 Å². The Labute approximate surface area is 193 Å². The number of carboxylic acids is 2. The molecule has 1 rings (SSSR count). The van der Waals surface area contributed by atoms with Crippen LogP contribution in [0.2, 0.25) is 0 Å². The first-order chi connectivity index (χ1) is 15.1. The van der Waals surface area contributed by atoms with Crippen LogP contribution in [0.5, 0.6) is 0 Å². The fraction of sp³-hybridized carbons (Fsp3) is 0.667. The van der Waals surface area contributed by atoms with E-state index in [-0.39, 0.29) is 11.1 Å². The number of rotatable bonds is 12. The summed E-state index contributed by atoms with van der Waals surface area (Å²) in [5.41, 5.74) is -0.339. The minimum Gasteiger partial charge on any atom is -0.545 e. The number of hydrogen-bond acceptors (Lipinski definition) is 6. The summed E-state index contributed by atoms with van der Waals surface area (Å²) >= 11 is 0. The average molecular weight is 457 g/mol. The topological polar surface area (TPSA) is 121 Å². The molecule has 0 aliphatic heterocycles. The number of nitrogens with zero attached hydrogens (tertiary/aromatic N) is 2. The summed E-state index contributed by atoms with van der Waals surface area (Å²) in [5.74, 6) is -2.81. The summed E-state index contributed by atoms with van der Waals surface area (Å²) < 4.78 is 2.10. The molecule has 186 valence electrons. The van der Waals surface area contributed by atoms with Crippen molar-refractivity contribution < 1.29 is 39.0 Å². The molecule has 2 N–H and O–H groups in total. The quantitative estimate of drug-likeness (QED) is 0.431. The van der Waals surface area contributed by atoms with Crippen LogP contribution >= 0.6 is 0 Å².